The van der Waals surface area contributed by atoms with Crippen molar-refractivity contribution in [2.24, 2.45) is 0 Å². The fourth-order valence-electron chi connectivity index (χ4n) is 0.253. The molecule has 0 unspecified atom stereocenters. The number of rotatable bonds is 0. The number of aromatic nitrogens is 2. The van der Waals surface area contributed by atoms with Crippen LogP contribution in [-0.4, -0.2) is 9.97 Å². The molecule has 0 radical (unpaired) electrons. The fraction of sp³-hybridized carbons (Fsp3) is 0. The topological polar surface area (TPSA) is 25.8 Å². The Bertz CT molecular complexity index is 114. The van der Waals surface area contributed by atoms with Gasteiger partial charge in [0.05, 0.1) is 0 Å². The summed E-state index contributed by atoms with van der Waals surface area (Å²) >= 11 is 4.76. The summed E-state index contributed by atoms with van der Waals surface area (Å²) in [5.74, 6) is 0. The van der Waals surface area contributed by atoms with Gasteiger partial charge in [-0.05, 0) is 5.54 Å². The van der Waals surface area contributed by atoms with Crippen LogP contribution in [0.4, 0.5) is 0 Å². The van der Waals surface area contributed by atoms with Gasteiger partial charge in [0.1, 0.15) is 0 Å². The number of halogens is 1. The van der Waals surface area contributed by atoms with Gasteiger partial charge in [-0.25, -0.2) is 0 Å². The zero-order valence-corrected chi connectivity index (χ0v) is 5.62. The van der Waals surface area contributed by atoms with E-state index in [2.05, 4.69) is 16.5 Å². The summed E-state index contributed by atoms with van der Waals surface area (Å²) in [5, 5.41) is 0. The molecule has 1 aromatic rings. The Labute approximate surface area is 59.2 Å². The molecule has 0 aliphatic heterocycles. The Morgan fingerprint density at radius 3 is 1.44 bits per heavy atom. The first-order valence-electron chi connectivity index (χ1n) is 2.33. The van der Waals surface area contributed by atoms with Crippen molar-refractivity contribution in [3.8, 4) is 0 Å². The summed E-state index contributed by atoms with van der Waals surface area (Å²) in [6.07, 6.45) is 6.56. The van der Waals surface area contributed by atoms with Crippen molar-refractivity contribution in [1.82, 2.24) is 9.97 Å². The molecule has 0 bridgehead atoms. The van der Waals surface area contributed by atoms with E-state index in [1.54, 1.807) is 24.8 Å². The second-order valence-electron chi connectivity index (χ2n) is 1.05. The summed E-state index contributed by atoms with van der Waals surface area (Å²) in [7, 11) is 0. The van der Waals surface area contributed by atoms with Crippen LogP contribution in [-0.2, 0) is 0 Å². The molecule has 0 saturated carbocycles. The van der Waals surface area contributed by atoms with Gasteiger partial charge in [-0.1, -0.05) is 18.2 Å². The lowest BCUT2D eigenvalue weighted by atomic mass is 10.8. The van der Waals surface area contributed by atoms with Gasteiger partial charge >= 0.3 is 0 Å². The van der Waals surface area contributed by atoms with Crippen LogP contribution in [0.15, 0.2) is 36.9 Å². The third kappa shape index (κ3) is 7.11. The van der Waals surface area contributed by atoms with E-state index in [9.17, 15) is 0 Å². The summed E-state index contributed by atoms with van der Waals surface area (Å²) in [4.78, 5) is 7.44. The maximum Gasteiger partial charge on any atom is 0.0451 e. The van der Waals surface area contributed by atoms with Crippen molar-refractivity contribution >= 4 is 11.6 Å². The average molecular weight is 143 g/mol. The second kappa shape index (κ2) is 7.11. The van der Waals surface area contributed by atoms with E-state index in [1.807, 2.05) is 0 Å². The van der Waals surface area contributed by atoms with E-state index in [0.717, 1.165) is 0 Å². The van der Waals surface area contributed by atoms with Crippen molar-refractivity contribution in [3.63, 3.8) is 0 Å². The first-order valence-corrected chi connectivity index (χ1v) is 2.76. The van der Waals surface area contributed by atoms with Gasteiger partial charge in [0.15, 0.2) is 0 Å². The molecule has 0 aromatic carbocycles. The minimum absolute atomic E-state index is 1.22. The SMILES string of the molecule is C=CCl.c1cnccn1. The van der Waals surface area contributed by atoms with E-state index >= 15 is 0 Å². The van der Waals surface area contributed by atoms with Gasteiger partial charge in [0, 0.05) is 24.8 Å². The zero-order chi connectivity index (χ0) is 6.95. The van der Waals surface area contributed by atoms with Crippen LogP contribution in [0.3, 0.4) is 0 Å². The quantitative estimate of drug-likeness (QED) is 0.553. The Hall–Kier alpha value is -0.890. The van der Waals surface area contributed by atoms with E-state index in [4.69, 9.17) is 11.6 Å². The van der Waals surface area contributed by atoms with Crippen molar-refractivity contribution in [1.29, 1.82) is 0 Å². The van der Waals surface area contributed by atoms with Gasteiger partial charge in [0.2, 0.25) is 0 Å². The van der Waals surface area contributed by atoms with Gasteiger partial charge in [-0.15, -0.1) is 0 Å². The van der Waals surface area contributed by atoms with Crippen LogP contribution < -0.4 is 0 Å². The molecule has 0 N–H and O–H groups in total. The molecular weight excluding hydrogens is 136 g/mol. The molecule has 1 heterocycles. The fourth-order valence-corrected chi connectivity index (χ4v) is 0.253. The van der Waals surface area contributed by atoms with Crippen LogP contribution in [0.25, 0.3) is 0 Å². The molecule has 0 spiro atoms. The minimum Gasteiger partial charge on any atom is -0.262 e. The smallest absolute Gasteiger partial charge is 0.0451 e. The molecule has 1 rings (SSSR count). The highest BCUT2D eigenvalue weighted by molar-refractivity contribution is 6.25. The lowest BCUT2D eigenvalue weighted by Crippen LogP contribution is -1.66. The molecule has 0 aliphatic rings. The molecule has 0 atom stereocenters. The van der Waals surface area contributed by atoms with Crippen molar-refractivity contribution in [3.05, 3.63) is 36.9 Å². The Balaban J connectivity index is 0.000000187. The number of nitrogens with zero attached hydrogens (tertiary/aromatic N) is 2. The molecule has 0 fully saturated rings. The standard InChI is InChI=1S/C4H4N2.C2H3Cl/c1-2-6-4-3-5-1;1-2-3/h1-4H;2H,1H2. The average Bonchev–Trinajstić information content (AvgIpc) is 1.93. The lowest BCUT2D eigenvalue weighted by Gasteiger charge is -1.70. The lowest BCUT2D eigenvalue weighted by molar-refractivity contribution is 1.20. The van der Waals surface area contributed by atoms with Gasteiger partial charge in [-0.2, -0.15) is 0 Å². The van der Waals surface area contributed by atoms with Crippen LogP contribution in [0.5, 0.6) is 0 Å². The normalized spacial score (nSPS) is 6.78. The predicted octanol–water partition coefficient (Wildman–Crippen LogP) is 1.85. The van der Waals surface area contributed by atoms with Crippen LogP contribution in [0.1, 0.15) is 0 Å². The van der Waals surface area contributed by atoms with Crippen molar-refractivity contribution < 1.29 is 0 Å². The molecule has 48 valence electrons. The summed E-state index contributed by atoms with van der Waals surface area (Å²) in [5.41, 5.74) is 1.22. The second-order valence-corrected chi connectivity index (χ2v) is 1.36. The molecule has 9 heavy (non-hydrogen) atoms. The molecule has 2 nitrogen and oxygen atoms in total. The summed E-state index contributed by atoms with van der Waals surface area (Å²) < 4.78 is 0. The van der Waals surface area contributed by atoms with E-state index in [-0.39, 0.29) is 0 Å². The number of hydrogen-bond acceptors (Lipinski definition) is 2. The highest BCUT2D eigenvalue weighted by Crippen LogP contribution is 1.65. The number of hydrogen-bond donors (Lipinski definition) is 0. The summed E-state index contributed by atoms with van der Waals surface area (Å²) in [6.45, 7) is 3.13. The van der Waals surface area contributed by atoms with Crippen LogP contribution in [0, 0.1) is 0 Å². The van der Waals surface area contributed by atoms with Gasteiger partial charge in [-0.3, -0.25) is 9.97 Å². The maximum atomic E-state index is 4.76. The van der Waals surface area contributed by atoms with Crippen LogP contribution >= 0.6 is 11.6 Å². The molecule has 0 amide bonds. The Kier molecular flexibility index (Phi) is 6.41. The monoisotopic (exact) mass is 142 g/mol. The first-order chi connectivity index (χ1) is 4.41. The summed E-state index contributed by atoms with van der Waals surface area (Å²) in [6, 6.07) is 0. The van der Waals surface area contributed by atoms with Crippen molar-refractivity contribution in [2.45, 2.75) is 0 Å². The predicted molar refractivity (Wildman–Crippen MR) is 38.1 cm³/mol. The third-order valence-corrected chi connectivity index (χ3v) is 0.478. The van der Waals surface area contributed by atoms with Crippen LogP contribution in [0.2, 0.25) is 0 Å². The molecular formula is C6H7ClN2. The molecule has 0 aliphatic carbocycles. The third-order valence-electron chi connectivity index (χ3n) is 0.478. The van der Waals surface area contributed by atoms with Gasteiger partial charge in [0.25, 0.3) is 0 Å². The van der Waals surface area contributed by atoms with E-state index in [0.29, 0.717) is 0 Å². The minimum atomic E-state index is 1.22. The highest BCUT2D eigenvalue weighted by atomic mass is 35.5. The van der Waals surface area contributed by atoms with Gasteiger partial charge < -0.3 is 0 Å². The van der Waals surface area contributed by atoms with E-state index in [1.165, 1.54) is 5.54 Å². The Morgan fingerprint density at radius 2 is 1.33 bits per heavy atom. The van der Waals surface area contributed by atoms with Crippen molar-refractivity contribution in [2.75, 3.05) is 0 Å². The molecule has 1 aromatic heterocycles. The maximum absolute atomic E-state index is 4.76. The molecule has 0 saturated heterocycles. The zero-order valence-electron chi connectivity index (χ0n) is 4.87. The molecule has 3 heteroatoms. The largest absolute Gasteiger partial charge is 0.262 e. The first kappa shape index (κ1) is 8.11. The van der Waals surface area contributed by atoms with E-state index < -0.39 is 0 Å². The highest BCUT2D eigenvalue weighted by Gasteiger charge is 1.59. The Morgan fingerprint density at radius 1 is 1.11 bits per heavy atom.